The van der Waals surface area contributed by atoms with Gasteiger partial charge < -0.3 is 19.7 Å². The lowest BCUT2D eigenvalue weighted by Crippen LogP contribution is -2.66. The molecule has 1 N–H and O–H groups in total. The molecule has 0 aromatic heterocycles. The molecule has 4 heterocycles. The van der Waals surface area contributed by atoms with Gasteiger partial charge in [0.1, 0.15) is 0 Å². The van der Waals surface area contributed by atoms with Crippen molar-refractivity contribution in [2.45, 2.75) is 56.6 Å². The number of rotatable bonds is 3. The summed E-state index contributed by atoms with van der Waals surface area (Å²) in [5, 5.41) is 2.89. The van der Waals surface area contributed by atoms with Crippen LogP contribution in [0.4, 0.5) is 0 Å². The Morgan fingerprint density at radius 2 is 2.05 bits per heavy atom. The molecule has 4 atom stereocenters. The zero-order valence-electron chi connectivity index (χ0n) is 11.5. The van der Waals surface area contributed by atoms with E-state index in [1.807, 2.05) is 0 Å². The molecule has 0 radical (unpaired) electrons. The van der Waals surface area contributed by atoms with Crippen molar-refractivity contribution in [3.63, 3.8) is 0 Å². The van der Waals surface area contributed by atoms with Gasteiger partial charge in [-0.1, -0.05) is 0 Å². The number of nitrogens with zero attached hydrogens (tertiary/aromatic N) is 1. The lowest BCUT2D eigenvalue weighted by molar-refractivity contribution is -0.379. The molecule has 4 bridgehead atoms. The maximum atomic E-state index is 12.2. The van der Waals surface area contributed by atoms with E-state index in [0.29, 0.717) is 18.9 Å². The predicted molar refractivity (Wildman–Crippen MR) is 68.4 cm³/mol. The van der Waals surface area contributed by atoms with Gasteiger partial charge in [0.25, 0.3) is 5.91 Å². The first-order valence-electron chi connectivity index (χ1n) is 7.56. The highest BCUT2D eigenvalue weighted by Crippen LogP contribution is 2.47. The molecule has 0 aromatic carbocycles. The van der Waals surface area contributed by atoms with Crippen molar-refractivity contribution in [3.8, 4) is 0 Å². The summed E-state index contributed by atoms with van der Waals surface area (Å²) in [4.78, 5) is 25.3. The molecular formula is C14H20N2O4. The number of carbonyl (C=O) groups excluding carboxylic acids is 2. The second kappa shape index (κ2) is 4.43. The van der Waals surface area contributed by atoms with Crippen LogP contribution in [0.3, 0.4) is 0 Å². The number of ether oxygens (including phenoxy) is 2. The summed E-state index contributed by atoms with van der Waals surface area (Å²) in [6.07, 6.45) is 5.68. The number of amides is 2. The second-order valence-corrected chi connectivity index (χ2v) is 6.48. The van der Waals surface area contributed by atoms with Crippen LogP contribution in [0.25, 0.3) is 0 Å². The molecule has 1 saturated carbocycles. The summed E-state index contributed by atoms with van der Waals surface area (Å²) in [5.41, 5.74) is 0. The van der Waals surface area contributed by atoms with Gasteiger partial charge in [-0.15, -0.1) is 0 Å². The molecule has 5 fully saturated rings. The maximum Gasteiger partial charge on any atom is 0.252 e. The van der Waals surface area contributed by atoms with Crippen LogP contribution in [0.2, 0.25) is 0 Å². The summed E-state index contributed by atoms with van der Waals surface area (Å²) in [7, 11) is 0. The van der Waals surface area contributed by atoms with Crippen LogP contribution in [-0.4, -0.2) is 47.9 Å². The first kappa shape index (κ1) is 12.6. The van der Waals surface area contributed by atoms with Gasteiger partial charge in [0.05, 0.1) is 18.8 Å². The minimum atomic E-state index is -0.922. The summed E-state index contributed by atoms with van der Waals surface area (Å²) >= 11 is 0. The molecule has 4 aliphatic heterocycles. The van der Waals surface area contributed by atoms with E-state index in [0.717, 1.165) is 32.1 Å². The molecule has 6 heteroatoms. The van der Waals surface area contributed by atoms with Crippen molar-refractivity contribution in [1.29, 1.82) is 0 Å². The maximum absolute atomic E-state index is 12.2. The third kappa shape index (κ3) is 2.11. The summed E-state index contributed by atoms with van der Waals surface area (Å²) in [6.45, 7) is 0.794. The lowest BCUT2D eigenvalue weighted by atomic mass is 9.77. The number of likely N-dealkylation sites (tertiary alicyclic amines) is 1. The lowest BCUT2D eigenvalue weighted by Gasteiger charge is -2.55. The van der Waals surface area contributed by atoms with Crippen molar-refractivity contribution in [2.24, 2.45) is 5.92 Å². The van der Waals surface area contributed by atoms with Crippen LogP contribution < -0.4 is 5.32 Å². The van der Waals surface area contributed by atoms with E-state index in [9.17, 15) is 9.59 Å². The van der Waals surface area contributed by atoms with E-state index < -0.39 is 5.91 Å². The topological polar surface area (TPSA) is 67.9 Å². The number of hydrogen-bond donors (Lipinski definition) is 1. The summed E-state index contributed by atoms with van der Waals surface area (Å²) < 4.78 is 11.8. The van der Waals surface area contributed by atoms with Gasteiger partial charge in [0, 0.05) is 25.8 Å². The van der Waals surface area contributed by atoms with Crippen LogP contribution in [-0.2, 0) is 19.1 Å². The Hall–Kier alpha value is -1.14. The van der Waals surface area contributed by atoms with Crippen LogP contribution in [0.15, 0.2) is 0 Å². The fourth-order valence-corrected chi connectivity index (χ4v) is 4.13. The Labute approximate surface area is 117 Å². The van der Waals surface area contributed by atoms with Crippen molar-refractivity contribution in [2.75, 3.05) is 13.1 Å². The fraction of sp³-hybridized carbons (Fsp3) is 0.857. The van der Waals surface area contributed by atoms with Gasteiger partial charge in [0.15, 0.2) is 0 Å². The minimum Gasteiger partial charge on any atom is -0.333 e. The highest BCUT2D eigenvalue weighted by molar-refractivity contribution is 5.86. The third-order valence-electron chi connectivity index (χ3n) is 4.83. The number of nitrogens with one attached hydrogen (secondary N) is 1. The molecule has 2 unspecified atom stereocenters. The quantitative estimate of drug-likeness (QED) is 0.811. The highest BCUT2D eigenvalue weighted by Gasteiger charge is 2.54. The predicted octanol–water partition coefficient (Wildman–Crippen LogP) is 0.367. The average molecular weight is 280 g/mol. The zero-order chi connectivity index (χ0) is 13.7. The van der Waals surface area contributed by atoms with E-state index >= 15 is 0 Å². The van der Waals surface area contributed by atoms with Crippen molar-refractivity contribution < 1.29 is 19.1 Å². The number of hydrogen-bond acceptors (Lipinski definition) is 4. The van der Waals surface area contributed by atoms with Gasteiger partial charge in [-0.2, -0.15) is 0 Å². The summed E-state index contributed by atoms with van der Waals surface area (Å²) in [5.74, 6) is -0.445. The standard InChI is InChI=1S/C14H20N2O4/c17-12(8-16-3-1-2-13(16)18)15-14-7-9-4-10(19-14)6-11(5-9)20-14/h9-11H,1-8H2,(H,15,17)/t9?,10-,11+,14?. The van der Waals surface area contributed by atoms with E-state index in [-0.39, 0.29) is 30.6 Å². The average Bonchev–Trinajstić information content (AvgIpc) is 2.72. The van der Waals surface area contributed by atoms with Crippen LogP contribution in [0.5, 0.6) is 0 Å². The molecule has 6 nitrogen and oxygen atoms in total. The van der Waals surface area contributed by atoms with Crippen LogP contribution in [0, 0.1) is 5.92 Å². The molecule has 110 valence electrons. The SMILES string of the molecule is O=C(CN1CCCC1=O)NC12CC3C[C@H](C[C@H](C3)O1)O2. The molecule has 0 aromatic rings. The van der Waals surface area contributed by atoms with Gasteiger partial charge in [-0.3, -0.25) is 9.59 Å². The van der Waals surface area contributed by atoms with E-state index in [4.69, 9.17) is 9.47 Å². The Balaban J connectivity index is 1.41. The second-order valence-electron chi connectivity index (χ2n) is 6.48. The minimum absolute atomic E-state index is 0.0625. The zero-order valence-corrected chi connectivity index (χ0v) is 11.5. The van der Waals surface area contributed by atoms with Crippen molar-refractivity contribution >= 4 is 11.8 Å². The number of carbonyl (C=O) groups is 2. The Morgan fingerprint density at radius 3 is 2.65 bits per heavy atom. The van der Waals surface area contributed by atoms with Gasteiger partial charge in [-0.05, 0) is 25.2 Å². The monoisotopic (exact) mass is 280 g/mol. The molecule has 0 spiro atoms. The van der Waals surface area contributed by atoms with E-state index in [2.05, 4.69) is 5.32 Å². The molecule has 5 rings (SSSR count). The van der Waals surface area contributed by atoms with Gasteiger partial charge >= 0.3 is 0 Å². The van der Waals surface area contributed by atoms with Gasteiger partial charge in [-0.25, -0.2) is 0 Å². The molecule has 5 aliphatic rings. The third-order valence-corrected chi connectivity index (χ3v) is 4.83. The largest absolute Gasteiger partial charge is 0.333 e. The summed E-state index contributed by atoms with van der Waals surface area (Å²) in [6, 6.07) is 0. The molecule has 2 amide bonds. The highest BCUT2D eigenvalue weighted by atomic mass is 16.7. The molecule has 4 saturated heterocycles. The molecule has 1 aliphatic carbocycles. The Bertz CT molecular complexity index is 415. The molecular weight excluding hydrogens is 260 g/mol. The van der Waals surface area contributed by atoms with Gasteiger partial charge in [0.2, 0.25) is 11.8 Å². The fourth-order valence-electron chi connectivity index (χ4n) is 4.13. The van der Waals surface area contributed by atoms with E-state index in [1.165, 1.54) is 0 Å². The first-order valence-corrected chi connectivity index (χ1v) is 7.56. The Morgan fingerprint density at radius 1 is 1.30 bits per heavy atom. The van der Waals surface area contributed by atoms with Crippen LogP contribution in [0.1, 0.15) is 38.5 Å². The Kier molecular flexibility index (Phi) is 2.79. The smallest absolute Gasteiger partial charge is 0.252 e. The first-order chi connectivity index (χ1) is 9.62. The van der Waals surface area contributed by atoms with Crippen LogP contribution >= 0.6 is 0 Å². The van der Waals surface area contributed by atoms with Crippen molar-refractivity contribution in [3.05, 3.63) is 0 Å². The normalized spacial score (nSPS) is 42.3. The van der Waals surface area contributed by atoms with Crippen molar-refractivity contribution in [1.82, 2.24) is 10.2 Å². The van der Waals surface area contributed by atoms with E-state index in [1.54, 1.807) is 4.90 Å². The molecule has 20 heavy (non-hydrogen) atoms.